The topological polar surface area (TPSA) is 47.3 Å². The molecular formula is C13H15FN2O. The van der Waals surface area contributed by atoms with Crippen LogP contribution in [0.5, 0.6) is 0 Å². The molecule has 0 aliphatic carbocycles. The van der Waals surface area contributed by atoms with Gasteiger partial charge in [0, 0.05) is 25.2 Å². The average molecular weight is 234 g/mol. The Morgan fingerprint density at radius 1 is 1.53 bits per heavy atom. The molecule has 0 saturated heterocycles. The molecule has 1 aromatic rings. The predicted molar refractivity (Wildman–Crippen MR) is 63.7 cm³/mol. The Morgan fingerprint density at radius 3 is 2.88 bits per heavy atom. The maximum absolute atomic E-state index is 13.8. The molecule has 4 heteroatoms. The van der Waals surface area contributed by atoms with Crippen LogP contribution in [-0.4, -0.2) is 29.7 Å². The van der Waals surface area contributed by atoms with Crippen molar-refractivity contribution in [3.05, 3.63) is 47.8 Å². The van der Waals surface area contributed by atoms with Gasteiger partial charge in [-0.3, -0.25) is 4.90 Å². The Bertz CT molecular complexity index is 426. The van der Waals surface area contributed by atoms with Gasteiger partial charge in [-0.2, -0.15) is 5.26 Å². The predicted octanol–water partition coefficient (Wildman–Crippen LogP) is 1.68. The van der Waals surface area contributed by atoms with Crippen LogP contribution in [0.1, 0.15) is 11.1 Å². The Morgan fingerprint density at radius 2 is 2.29 bits per heavy atom. The summed E-state index contributed by atoms with van der Waals surface area (Å²) >= 11 is 0. The first-order valence-electron chi connectivity index (χ1n) is 5.34. The molecule has 0 spiro atoms. The summed E-state index contributed by atoms with van der Waals surface area (Å²) in [6.45, 7) is 4.99. The fourth-order valence-corrected chi connectivity index (χ4v) is 1.59. The van der Waals surface area contributed by atoms with Crippen molar-refractivity contribution in [3.8, 4) is 6.07 Å². The van der Waals surface area contributed by atoms with E-state index in [-0.39, 0.29) is 12.2 Å². The van der Waals surface area contributed by atoms with Crippen molar-refractivity contribution in [1.29, 1.82) is 5.26 Å². The zero-order valence-corrected chi connectivity index (χ0v) is 9.56. The molecular weight excluding hydrogens is 219 g/mol. The van der Waals surface area contributed by atoms with Crippen LogP contribution in [-0.2, 0) is 6.54 Å². The van der Waals surface area contributed by atoms with Crippen LogP contribution < -0.4 is 0 Å². The zero-order valence-electron chi connectivity index (χ0n) is 9.56. The van der Waals surface area contributed by atoms with E-state index >= 15 is 0 Å². The number of benzene rings is 1. The van der Waals surface area contributed by atoms with E-state index in [1.807, 2.05) is 11.0 Å². The van der Waals surface area contributed by atoms with Gasteiger partial charge >= 0.3 is 0 Å². The molecule has 1 aromatic carbocycles. The van der Waals surface area contributed by atoms with E-state index in [0.717, 1.165) is 0 Å². The molecule has 0 radical (unpaired) electrons. The van der Waals surface area contributed by atoms with Gasteiger partial charge < -0.3 is 5.11 Å². The lowest BCUT2D eigenvalue weighted by Gasteiger charge is -2.19. The van der Waals surface area contributed by atoms with E-state index in [0.29, 0.717) is 25.2 Å². The molecule has 3 nitrogen and oxygen atoms in total. The summed E-state index contributed by atoms with van der Waals surface area (Å²) in [7, 11) is 0. The molecule has 1 N–H and O–H groups in total. The van der Waals surface area contributed by atoms with Gasteiger partial charge in [0.1, 0.15) is 11.9 Å². The largest absolute Gasteiger partial charge is 0.395 e. The van der Waals surface area contributed by atoms with E-state index in [1.165, 1.54) is 6.07 Å². The fraction of sp³-hybridized carbons (Fsp3) is 0.308. The lowest BCUT2D eigenvalue weighted by atomic mass is 10.1. The lowest BCUT2D eigenvalue weighted by Crippen LogP contribution is -2.27. The van der Waals surface area contributed by atoms with Crippen molar-refractivity contribution < 1.29 is 9.50 Å². The molecule has 90 valence electrons. The highest BCUT2D eigenvalue weighted by Crippen LogP contribution is 2.14. The molecule has 0 aliphatic rings. The third kappa shape index (κ3) is 3.66. The normalized spacial score (nSPS) is 10.2. The van der Waals surface area contributed by atoms with Crippen LogP contribution in [0.4, 0.5) is 4.39 Å². The standard InChI is InChI=1S/C13H15FN2O/c1-2-6-16(7-8-17)10-12-5-3-4-11(9-15)13(12)14/h2-5,17H,1,6-8,10H2. The number of hydrogen-bond donors (Lipinski definition) is 1. The minimum atomic E-state index is -0.484. The van der Waals surface area contributed by atoms with Crippen molar-refractivity contribution in [1.82, 2.24) is 4.90 Å². The maximum atomic E-state index is 13.8. The van der Waals surface area contributed by atoms with Crippen LogP contribution >= 0.6 is 0 Å². The van der Waals surface area contributed by atoms with Crippen LogP contribution in [0.3, 0.4) is 0 Å². The summed E-state index contributed by atoms with van der Waals surface area (Å²) in [6, 6.07) is 6.55. The molecule has 0 bridgehead atoms. The van der Waals surface area contributed by atoms with Crippen molar-refractivity contribution in [3.63, 3.8) is 0 Å². The fourth-order valence-electron chi connectivity index (χ4n) is 1.59. The van der Waals surface area contributed by atoms with E-state index < -0.39 is 5.82 Å². The van der Waals surface area contributed by atoms with Crippen molar-refractivity contribution in [2.24, 2.45) is 0 Å². The maximum Gasteiger partial charge on any atom is 0.145 e. The molecule has 1 rings (SSSR count). The van der Waals surface area contributed by atoms with Crippen LogP contribution in [0, 0.1) is 17.1 Å². The monoisotopic (exact) mass is 234 g/mol. The van der Waals surface area contributed by atoms with Gasteiger partial charge in [-0.25, -0.2) is 4.39 Å². The first kappa shape index (κ1) is 13.4. The summed E-state index contributed by atoms with van der Waals surface area (Å²) < 4.78 is 13.8. The molecule has 0 fully saturated rings. The SMILES string of the molecule is C=CCN(CCO)Cc1cccc(C#N)c1F. The second-order valence-electron chi connectivity index (χ2n) is 3.64. The summed E-state index contributed by atoms with van der Waals surface area (Å²) in [5.74, 6) is -0.484. The third-order valence-corrected chi connectivity index (χ3v) is 2.40. The first-order valence-corrected chi connectivity index (χ1v) is 5.34. The quantitative estimate of drug-likeness (QED) is 0.762. The number of hydrogen-bond acceptors (Lipinski definition) is 3. The van der Waals surface area contributed by atoms with Crippen LogP contribution in [0.2, 0.25) is 0 Å². The molecule has 0 aliphatic heterocycles. The summed E-state index contributed by atoms with van der Waals surface area (Å²) in [5, 5.41) is 17.6. The molecule has 17 heavy (non-hydrogen) atoms. The number of nitrogens with zero attached hydrogens (tertiary/aromatic N) is 2. The number of aliphatic hydroxyl groups excluding tert-OH is 1. The minimum absolute atomic E-state index is 0.00734. The molecule has 0 atom stereocenters. The first-order chi connectivity index (χ1) is 8.22. The van der Waals surface area contributed by atoms with Crippen molar-refractivity contribution >= 4 is 0 Å². The van der Waals surface area contributed by atoms with Gasteiger partial charge in [0.2, 0.25) is 0 Å². The summed E-state index contributed by atoms with van der Waals surface area (Å²) in [5.41, 5.74) is 0.504. The molecule has 0 unspecified atom stereocenters. The van der Waals surface area contributed by atoms with Crippen LogP contribution in [0.15, 0.2) is 30.9 Å². The Balaban J connectivity index is 2.85. The second kappa shape index (κ2) is 6.79. The third-order valence-electron chi connectivity index (χ3n) is 2.40. The highest BCUT2D eigenvalue weighted by molar-refractivity contribution is 5.34. The average Bonchev–Trinajstić information content (AvgIpc) is 2.32. The Labute approximate surface area is 100 Å². The summed E-state index contributed by atoms with van der Waals surface area (Å²) in [4.78, 5) is 1.85. The smallest absolute Gasteiger partial charge is 0.145 e. The number of aliphatic hydroxyl groups is 1. The molecule has 0 heterocycles. The van der Waals surface area contributed by atoms with E-state index in [9.17, 15) is 4.39 Å². The number of rotatable bonds is 6. The van der Waals surface area contributed by atoms with Gasteiger partial charge in [-0.1, -0.05) is 18.2 Å². The van der Waals surface area contributed by atoms with Gasteiger partial charge in [0.05, 0.1) is 12.2 Å². The summed E-state index contributed by atoms with van der Waals surface area (Å²) in [6.07, 6.45) is 1.70. The number of nitriles is 1. The highest BCUT2D eigenvalue weighted by atomic mass is 19.1. The van der Waals surface area contributed by atoms with E-state index in [4.69, 9.17) is 10.4 Å². The van der Waals surface area contributed by atoms with Gasteiger partial charge in [0.25, 0.3) is 0 Å². The molecule has 0 aromatic heterocycles. The Kier molecular flexibility index (Phi) is 5.34. The second-order valence-corrected chi connectivity index (χ2v) is 3.64. The highest BCUT2D eigenvalue weighted by Gasteiger charge is 2.10. The van der Waals surface area contributed by atoms with Gasteiger partial charge in [-0.15, -0.1) is 6.58 Å². The van der Waals surface area contributed by atoms with Gasteiger partial charge in [0.15, 0.2) is 0 Å². The molecule has 0 saturated carbocycles. The van der Waals surface area contributed by atoms with Crippen molar-refractivity contribution in [2.75, 3.05) is 19.7 Å². The molecule has 0 amide bonds. The lowest BCUT2D eigenvalue weighted by molar-refractivity contribution is 0.202. The Hall–Kier alpha value is -1.70. The zero-order chi connectivity index (χ0) is 12.7. The van der Waals surface area contributed by atoms with E-state index in [1.54, 1.807) is 18.2 Å². The minimum Gasteiger partial charge on any atom is -0.395 e. The van der Waals surface area contributed by atoms with E-state index in [2.05, 4.69) is 6.58 Å². The van der Waals surface area contributed by atoms with Crippen LogP contribution in [0.25, 0.3) is 0 Å². The van der Waals surface area contributed by atoms with Gasteiger partial charge in [-0.05, 0) is 6.07 Å². The van der Waals surface area contributed by atoms with Crippen molar-refractivity contribution in [2.45, 2.75) is 6.54 Å². The number of halogens is 1.